The summed E-state index contributed by atoms with van der Waals surface area (Å²) in [6.45, 7) is 4.76. The van der Waals surface area contributed by atoms with Crippen LogP contribution in [0.3, 0.4) is 0 Å². The Kier molecular flexibility index (Phi) is 3.56. The molecule has 0 heterocycles. The Morgan fingerprint density at radius 1 is 1.12 bits per heavy atom. The zero-order chi connectivity index (χ0) is 12.9. The van der Waals surface area contributed by atoms with Crippen molar-refractivity contribution in [2.24, 2.45) is 5.41 Å². The number of carbonyl (C=O) groups is 1. The minimum atomic E-state index is -1.76. The fraction of sp³-hybridized carbons (Fsp3) is 0.700. The zero-order valence-corrected chi connectivity index (χ0v) is 12.1. The number of halogens is 4. The average molecular weight is 306 g/mol. The first-order valence-corrected chi connectivity index (χ1v) is 6.26. The minimum Gasteiger partial charge on any atom is -0.509 e. The van der Waals surface area contributed by atoms with Crippen molar-refractivity contribution in [2.45, 2.75) is 35.9 Å². The second-order valence-electron chi connectivity index (χ2n) is 4.28. The van der Waals surface area contributed by atoms with Crippen molar-refractivity contribution in [3.63, 3.8) is 0 Å². The Bertz CT molecular complexity index is 369. The van der Waals surface area contributed by atoms with Gasteiger partial charge in [0.2, 0.25) is 0 Å². The van der Waals surface area contributed by atoms with Gasteiger partial charge in [0, 0.05) is 11.0 Å². The molecule has 0 aliphatic heterocycles. The molecule has 0 saturated heterocycles. The third kappa shape index (κ3) is 1.58. The molecule has 2 nitrogen and oxygen atoms in total. The lowest BCUT2D eigenvalue weighted by Gasteiger charge is -2.47. The fourth-order valence-electron chi connectivity index (χ4n) is 1.59. The van der Waals surface area contributed by atoms with E-state index in [0.29, 0.717) is 0 Å². The number of carbonyl (C=O) groups excluding carboxylic acids is 1. The van der Waals surface area contributed by atoms with Crippen molar-refractivity contribution in [1.82, 2.24) is 0 Å². The molecule has 0 radical (unpaired) electrons. The van der Waals surface area contributed by atoms with E-state index in [4.69, 9.17) is 46.4 Å². The highest BCUT2D eigenvalue weighted by molar-refractivity contribution is 6.63. The summed E-state index contributed by atoms with van der Waals surface area (Å²) in [5.74, 6) is -0.900. The molecule has 1 N–H and O–H groups in total. The molecular weight excluding hydrogens is 294 g/mol. The Morgan fingerprint density at radius 3 is 1.94 bits per heavy atom. The molecule has 0 saturated carbocycles. The second kappa shape index (κ2) is 3.94. The molecule has 0 amide bonds. The molecule has 16 heavy (non-hydrogen) atoms. The maximum Gasteiger partial charge on any atom is 0.198 e. The van der Waals surface area contributed by atoms with Gasteiger partial charge in [-0.25, -0.2) is 0 Å². The lowest BCUT2D eigenvalue weighted by Crippen LogP contribution is -2.57. The number of aliphatic hydroxyl groups is 1. The monoisotopic (exact) mass is 304 g/mol. The van der Waals surface area contributed by atoms with Crippen LogP contribution in [0.5, 0.6) is 0 Å². The first-order valence-electron chi connectivity index (χ1n) is 4.74. The first kappa shape index (κ1) is 14.4. The summed E-state index contributed by atoms with van der Waals surface area (Å²) in [4.78, 5) is 12.0. The van der Waals surface area contributed by atoms with Crippen LogP contribution >= 0.6 is 46.4 Å². The fourth-order valence-corrected chi connectivity index (χ4v) is 2.81. The van der Waals surface area contributed by atoms with Crippen LogP contribution in [0.2, 0.25) is 0 Å². The van der Waals surface area contributed by atoms with Crippen LogP contribution in [0.15, 0.2) is 11.3 Å². The van der Waals surface area contributed by atoms with Gasteiger partial charge in [0.25, 0.3) is 0 Å². The molecule has 0 spiro atoms. The second-order valence-corrected chi connectivity index (χ2v) is 6.94. The summed E-state index contributed by atoms with van der Waals surface area (Å²) in [6.07, 6.45) is 0.267. The maximum atomic E-state index is 12.0. The lowest BCUT2D eigenvalue weighted by molar-refractivity contribution is -0.119. The number of hydrogen-bond donors (Lipinski definition) is 1. The van der Waals surface area contributed by atoms with E-state index in [0.717, 1.165) is 0 Å². The van der Waals surface area contributed by atoms with Crippen molar-refractivity contribution in [2.75, 3.05) is 0 Å². The van der Waals surface area contributed by atoms with Crippen molar-refractivity contribution in [1.29, 1.82) is 0 Å². The van der Waals surface area contributed by atoms with E-state index < -0.39 is 19.9 Å². The summed E-state index contributed by atoms with van der Waals surface area (Å²) in [5, 5.41) is 9.91. The SMILES string of the molecule is CCC1=C(O)C(Cl)(Cl)C(C)(C)C(Cl)(Cl)C1=O. The smallest absolute Gasteiger partial charge is 0.198 e. The van der Waals surface area contributed by atoms with Crippen molar-refractivity contribution < 1.29 is 9.90 Å². The van der Waals surface area contributed by atoms with Gasteiger partial charge in [0.1, 0.15) is 5.76 Å². The molecule has 1 aliphatic rings. The summed E-state index contributed by atoms with van der Waals surface area (Å²) in [6, 6.07) is 0. The molecule has 0 fully saturated rings. The standard InChI is InChI=1S/C10H12Cl4O2/c1-4-5-6(15)9(11,12)8(2,3)10(13,14)7(5)16/h15H,4H2,1-3H3. The predicted octanol–water partition coefficient (Wildman–Crippen LogP) is 4.17. The van der Waals surface area contributed by atoms with E-state index in [9.17, 15) is 9.90 Å². The molecule has 0 aromatic heterocycles. The summed E-state index contributed by atoms with van der Waals surface area (Å²) in [7, 11) is 0. The third-order valence-corrected chi connectivity index (χ3v) is 5.66. The molecule has 0 unspecified atom stereocenters. The van der Waals surface area contributed by atoms with E-state index >= 15 is 0 Å². The molecule has 0 aromatic carbocycles. The van der Waals surface area contributed by atoms with Gasteiger partial charge in [-0.3, -0.25) is 4.79 Å². The first-order chi connectivity index (χ1) is 7.01. The Morgan fingerprint density at radius 2 is 1.56 bits per heavy atom. The summed E-state index contributed by atoms with van der Waals surface area (Å²) in [5.41, 5.74) is -1.12. The summed E-state index contributed by atoms with van der Waals surface area (Å²) >= 11 is 24.2. The third-order valence-electron chi connectivity index (χ3n) is 3.07. The van der Waals surface area contributed by atoms with E-state index in [2.05, 4.69) is 0 Å². The number of allylic oxidation sites excluding steroid dienone is 2. The lowest BCUT2D eigenvalue weighted by atomic mass is 9.74. The number of alkyl halides is 4. The highest BCUT2D eigenvalue weighted by Gasteiger charge is 2.65. The number of ketones is 1. The Hall–Kier alpha value is 0.370. The number of Topliss-reactive ketones (excluding diaryl/α,β-unsaturated/α-hetero) is 1. The molecule has 92 valence electrons. The Labute approximate surface area is 114 Å². The van der Waals surface area contributed by atoms with Crippen LogP contribution in [0.4, 0.5) is 0 Å². The van der Waals surface area contributed by atoms with Crippen LogP contribution in [0.25, 0.3) is 0 Å². The van der Waals surface area contributed by atoms with Crippen LogP contribution in [-0.2, 0) is 4.79 Å². The van der Waals surface area contributed by atoms with Crippen LogP contribution in [-0.4, -0.2) is 19.6 Å². The van der Waals surface area contributed by atoms with E-state index in [-0.39, 0.29) is 17.8 Å². The molecule has 6 heteroatoms. The van der Waals surface area contributed by atoms with Crippen LogP contribution in [0, 0.1) is 5.41 Å². The Balaban J connectivity index is 3.57. The molecule has 0 aromatic rings. The quantitative estimate of drug-likeness (QED) is 0.738. The highest BCUT2D eigenvalue weighted by Crippen LogP contribution is 2.60. The average Bonchev–Trinajstić information content (AvgIpc) is 2.16. The molecule has 0 atom stereocenters. The highest BCUT2D eigenvalue weighted by atomic mass is 35.5. The number of aliphatic hydroxyl groups excluding tert-OH is 1. The largest absolute Gasteiger partial charge is 0.509 e. The predicted molar refractivity (Wildman–Crippen MR) is 67.6 cm³/mol. The van der Waals surface area contributed by atoms with Gasteiger partial charge in [0.05, 0.1) is 0 Å². The molecule has 0 bridgehead atoms. The van der Waals surface area contributed by atoms with Crippen LogP contribution in [0.1, 0.15) is 27.2 Å². The van der Waals surface area contributed by atoms with Gasteiger partial charge in [-0.15, -0.1) is 0 Å². The number of rotatable bonds is 1. The van der Waals surface area contributed by atoms with Crippen LogP contribution < -0.4 is 0 Å². The van der Waals surface area contributed by atoms with E-state index in [1.54, 1.807) is 6.92 Å². The molecule has 1 aliphatic carbocycles. The van der Waals surface area contributed by atoms with E-state index in [1.807, 2.05) is 0 Å². The zero-order valence-electron chi connectivity index (χ0n) is 9.07. The van der Waals surface area contributed by atoms with Gasteiger partial charge in [0.15, 0.2) is 14.4 Å². The van der Waals surface area contributed by atoms with E-state index in [1.165, 1.54) is 13.8 Å². The van der Waals surface area contributed by atoms with Gasteiger partial charge in [-0.05, 0) is 6.42 Å². The minimum absolute atomic E-state index is 0.0781. The molecule has 1 rings (SSSR count). The van der Waals surface area contributed by atoms with Gasteiger partial charge in [-0.1, -0.05) is 67.2 Å². The summed E-state index contributed by atoms with van der Waals surface area (Å²) < 4.78 is -3.44. The van der Waals surface area contributed by atoms with Crippen molar-refractivity contribution in [3.8, 4) is 0 Å². The normalized spacial score (nSPS) is 27.1. The van der Waals surface area contributed by atoms with Gasteiger partial charge in [-0.2, -0.15) is 0 Å². The topological polar surface area (TPSA) is 37.3 Å². The van der Waals surface area contributed by atoms with Gasteiger partial charge < -0.3 is 5.11 Å². The van der Waals surface area contributed by atoms with Crippen molar-refractivity contribution >= 4 is 52.2 Å². The van der Waals surface area contributed by atoms with Gasteiger partial charge >= 0.3 is 0 Å². The maximum absolute atomic E-state index is 12.0. The number of hydrogen-bond acceptors (Lipinski definition) is 2. The van der Waals surface area contributed by atoms with Crippen molar-refractivity contribution in [3.05, 3.63) is 11.3 Å². The molecular formula is C10H12Cl4O2.